The van der Waals surface area contributed by atoms with Crippen LogP contribution in [0.1, 0.15) is 37.0 Å². The summed E-state index contributed by atoms with van der Waals surface area (Å²) < 4.78 is 27.9. The van der Waals surface area contributed by atoms with Crippen molar-refractivity contribution in [1.29, 1.82) is 0 Å². The van der Waals surface area contributed by atoms with Gasteiger partial charge in [-0.3, -0.25) is 4.79 Å². The topological polar surface area (TPSA) is 57.7 Å². The SMILES string of the molecule is CC1CN(S(=O)(=O)c2ccc(C(=O)C3CC3)cc2)CC(C)N1c1ccccc1. The molecular formula is C22H26N2O3S. The number of carbonyl (C=O) groups is 1. The molecule has 2 atom stereocenters. The van der Waals surface area contributed by atoms with Crippen LogP contribution in [0.25, 0.3) is 0 Å². The molecule has 0 N–H and O–H groups in total. The largest absolute Gasteiger partial charge is 0.363 e. The summed E-state index contributed by atoms with van der Waals surface area (Å²) in [5, 5.41) is 0. The van der Waals surface area contributed by atoms with Crippen molar-refractivity contribution in [2.24, 2.45) is 5.92 Å². The van der Waals surface area contributed by atoms with Crippen LogP contribution in [0.15, 0.2) is 59.5 Å². The van der Waals surface area contributed by atoms with E-state index in [0.717, 1.165) is 18.5 Å². The lowest BCUT2D eigenvalue weighted by atomic mass is 10.1. The van der Waals surface area contributed by atoms with E-state index < -0.39 is 10.0 Å². The molecule has 0 radical (unpaired) electrons. The van der Waals surface area contributed by atoms with E-state index in [0.29, 0.717) is 18.7 Å². The smallest absolute Gasteiger partial charge is 0.243 e. The standard InChI is InChI=1S/C22H26N2O3S/c1-16-14-23(15-17(2)24(16)20-6-4-3-5-7-20)28(26,27)21-12-10-19(11-13-21)22(25)18-8-9-18/h3-7,10-13,16-18H,8-9,14-15H2,1-2H3. The van der Waals surface area contributed by atoms with E-state index in [-0.39, 0.29) is 28.7 Å². The number of piperazine rings is 1. The van der Waals surface area contributed by atoms with Crippen LogP contribution in [0.4, 0.5) is 5.69 Å². The summed E-state index contributed by atoms with van der Waals surface area (Å²) in [5.74, 6) is 0.262. The van der Waals surface area contributed by atoms with Gasteiger partial charge in [0, 0.05) is 42.3 Å². The fourth-order valence-electron chi connectivity index (χ4n) is 4.10. The fourth-order valence-corrected chi connectivity index (χ4v) is 5.70. The number of ketones is 1. The van der Waals surface area contributed by atoms with E-state index in [1.807, 2.05) is 18.2 Å². The molecule has 2 aromatic carbocycles. The Morgan fingerprint density at radius 2 is 1.46 bits per heavy atom. The first-order valence-electron chi connectivity index (χ1n) is 9.86. The highest BCUT2D eigenvalue weighted by Crippen LogP contribution is 2.33. The van der Waals surface area contributed by atoms with Crippen molar-refractivity contribution in [3.8, 4) is 0 Å². The maximum Gasteiger partial charge on any atom is 0.243 e. The molecule has 1 aliphatic heterocycles. The average molecular weight is 399 g/mol. The Morgan fingerprint density at radius 1 is 0.893 bits per heavy atom. The molecule has 2 unspecified atom stereocenters. The summed E-state index contributed by atoms with van der Waals surface area (Å²) >= 11 is 0. The summed E-state index contributed by atoms with van der Waals surface area (Å²) in [6.07, 6.45) is 1.89. The average Bonchev–Trinajstić information content (AvgIpc) is 3.53. The molecule has 0 amide bonds. The number of anilines is 1. The van der Waals surface area contributed by atoms with Crippen LogP contribution in [0, 0.1) is 5.92 Å². The summed E-state index contributed by atoms with van der Waals surface area (Å²) in [6, 6.07) is 16.7. The van der Waals surface area contributed by atoms with Crippen LogP contribution in [-0.4, -0.2) is 43.7 Å². The zero-order valence-electron chi connectivity index (χ0n) is 16.3. The Bertz CT molecular complexity index is 941. The number of carbonyl (C=O) groups excluding carboxylic acids is 1. The Morgan fingerprint density at radius 3 is 2.00 bits per heavy atom. The predicted molar refractivity (Wildman–Crippen MR) is 110 cm³/mol. The maximum atomic E-state index is 13.2. The van der Waals surface area contributed by atoms with Gasteiger partial charge in [-0.25, -0.2) is 8.42 Å². The first-order chi connectivity index (χ1) is 13.4. The number of hydrogen-bond donors (Lipinski definition) is 0. The Kier molecular flexibility index (Phi) is 5.02. The lowest BCUT2D eigenvalue weighted by Crippen LogP contribution is -2.58. The molecule has 0 aromatic heterocycles. The van der Waals surface area contributed by atoms with Gasteiger partial charge in [0.05, 0.1) is 4.90 Å². The molecule has 6 heteroatoms. The van der Waals surface area contributed by atoms with Crippen LogP contribution in [0.5, 0.6) is 0 Å². The minimum atomic E-state index is -3.59. The van der Waals surface area contributed by atoms with Gasteiger partial charge in [0.25, 0.3) is 0 Å². The molecule has 2 aliphatic rings. The van der Waals surface area contributed by atoms with Crippen LogP contribution in [-0.2, 0) is 10.0 Å². The molecular weight excluding hydrogens is 372 g/mol. The van der Waals surface area contributed by atoms with E-state index in [2.05, 4.69) is 30.9 Å². The first-order valence-corrected chi connectivity index (χ1v) is 11.3. The Hall–Kier alpha value is -2.18. The molecule has 4 rings (SSSR count). The summed E-state index contributed by atoms with van der Waals surface area (Å²) in [6.45, 7) is 4.99. The summed E-state index contributed by atoms with van der Waals surface area (Å²) in [5.41, 5.74) is 1.72. The third kappa shape index (κ3) is 3.59. The highest BCUT2D eigenvalue weighted by atomic mass is 32.2. The van der Waals surface area contributed by atoms with Gasteiger partial charge >= 0.3 is 0 Å². The van der Waals surface area contributed by atoms with Crippen molar-refractivity contribution in [3.05, 3.63) is 60.2 Å². The van der Waals surface area contributed by atoms with E-state index >= 15 is 0 Å². The van der Waals surface area contributed by atoms with Crippen molar-refractivity contribution in [1.82, 2.24) is 4.31 Å². The second kappa shape index (κ2) is 7.33. The molecule has 2 aromatic rings. The van der Waals surface area contributed by atoms with Crippen molar-refractivity contribution >= 4 is 21.5 Å². The second-order valence-corrected chi connectivity index (χ2v) is 9.86. The molecule has 2 fully saturated rings. The van der Waals surface area contributed by atoms with Crippen molar-refractivity contribution < 1.29 is 13.2 Å². The quantitative estimate of drug-likeness (QED) is 0.723. The van der Waals surface area contributed by atoms with Crippen LogP contribution in [0.3, 0.4) is 0 Å². The lowest BCUT2D eigenvalue weighted by Gasteiger charge is -2.45. The molecule has 148 valence electrons. The molecule has 1 saturated heterocycles. The number of benzene rings is 2. The van der Waals surface area contributed by atoms with E-state index in [9.17, 15) is 13.2 Å². The zero-order chi connectivity index (χ0) is 19.9. The molecule has 5 nitrogen and oxygen atoms in total. The highest BCUT2D eigenvalue weighted by molar-refractivity contribution is 7.89. The fraction of sp³-hybridized carbons (Fsp3) is 0.409. The lowest BCUT2D eigenvalue weighted by molar-refractivity contribution is 0.0967. The number of Topliss-reactive ketones (excluding diaryl/α,β-unsaturated/α-hetero) is 1. The minimum Gasteiger partial charge on any atom is -0.363 e. The third-order valence-electron chi connectivity index (χ3n) is 5.66. The number of hydrogen-bond acceptors (Lipinski definition) is 4. The number of rotatable bonds is 5. The molecule has 0 spiro atoms. The van der Waals surface area contributed by atoms with Crippen LogP contribution >= 0.6 is 0 Å². The Labute approximate surface area is 167 Å². The van der Waals surface area contributed by atoms with Gasteiger partial charge in [0.2, 0.25) is 10.0 Å². The first kappa shape index (κ1) is 19.2. The van der Waals surface area contributed by atoms with Gasteiger partial charge in [-0.2, -0.15) is 4.31 Å². The van der Waals surface area contributed by atoms with E-state index in [4.69, 9.17) is 0 Å². The third-order valence-corrected chi connectivity index (χ3v) is 7.51. The van der Waals surface area contributed by atoms with Crippen LogP contribution in [0.2, 0.25) is 0 Å². The molecule has 0 bridgehead atoms. The van der Waals surface area contributed by atoms with Crippen molar-refractivity contribution in [3.63, 3.8) is 0 Å². The van der Waals surface area contributed by atoms with Crippen molar-refractivity contribution in [2.45, 2.75) is 43.7 Å². The van der Waals surface area contributed by atoms with Gasteiger partial charge < -0.3 is 4.90 Å². The van der Waals surface area contributed by atoms with Crippen molar-refractivity contribution in [2.75, 3.05) is 18.0 Å². The minimum absolute atomic E-state index is 0.0663. The maximum absolute atomic E-state index is 13.2. The Balaban J connectivity index is 1.53. The number of para-hydroxylation sites is 1. The number of nitrogens with zero attached hydrogens (tertiary/aromatic N) is 2. The van der Waals surface area contributed by atoms with Gasteiger partial charge in [-0.05, 0) is 51.0 Å². The number of sulfonamides is 1. The monoisotopic (exact) mass is 398 g/mol. The molecule has 1 saturated carbocycles. The zero-order valence-corrected chi connectivity index (χ0v) is 17.1. The van der Waals surface area contributed by atoms with Gasteiger partial charge in [-0.1, -0.05) is 30.3 Å². The molecule has 1 aliphatic carbocycles. The highest BCUT2D eigenvalue weighted by Gasteiger charge is 2.36. The van der Waals surface area contributed by atoms with Crippen LogP contribution < -0.4 is 4.90 Å². The van der Waals surface area contributed by atoms with E-state index in [1.165, 1.54) is 0 Å². The normalized spacial score (nSPS) is 23.6. The van der Waals surface area contributed by atoms with Gasteiger partial charge in [0.1, 0.15) is 0 Å². The molecule has 28 heavy (non-hydrogen) atoms. The predicted octanol–water partition coefficient (Wildman–Crippen LogP) is 3.57. The van der Waals surface area contributed by atoms with Gasteiger partial charge in [-0.15, -0.1) is 0 Å². The molecule has 1 heterocycles. The summed E-state index contributed by atoms with van der Waals surface area (Å²) in [7, 11) is -3.59. The second-order valence-electron chi connectivity index (χ2n) is 7.93. The van der Waals surface area contributed by atoms with E-state index in [1.54, 1.807) is 28.6 Å². The summed E-state index contributed by atoms with van der Waals surface area (Å²) in [4.78, 5) is 14.7. The van der Waals surface area contributed by atoms with Gasteiger partial charge in [0.15, 0.2) is 5.78 Å².